The Morgan fingerprint density at radius 3 is 2.73 bits per heavy atom. The fraction of sp³-hybridized carbons (Fsp3) is 0.400. The largest absolute Gasteiger partial charge is 0.508 e. The van der Waals surface area contributed by atoms with Crippen molar-refractivity contribution in [1.29, 1.82) is 0 Å². The molecule has 1 aliphatic heterocycles. The Hall–Kier alpha value is -0.290. The Balaban J connectivity index is 0.00000112. The molecule has 0 bridgehead atoms. The number of rotatable bonds is 1. The smallest absolute Gasteiger partial charge is 0.121 e. The van der Waals surface area contributed by atoms with E-state index in [9.17, 15) is 5.11 Å². The molecule has 5 heteroatoms. The second-order valence-electron chi connectivity index (χ2n) is 3.41. The van der Waals surface area contributed by atoms with Gasteiger partial charge in [0.2, 0.25) is 0 Å². The molecular weight excluding hydrogens is 279 g/mol. The second-order valence-corrected chi connectivity index (χ2v) is 4.33. The zero-order valence-corrected chi connectivity index (χ0v) is 10.6. The maximum Gasteiger partial charge on any atom is 0.121 e. The third-order valence-corrected chi connectivity index (χ3v) is 2.90. The molecule has 1 saturated heterocycles. The Morgan fingerprint density at radius 1 is 1.33 bits per heavy atom. The van der Waals surface area contributed by atoms with E-state index in [0.29, 0.717) is 5.75 Å². The van der Waals surface area contributed by atoms with Gasteiger partial charge in [0.05, 0.1) is 0 Å². The van der Waals surface area contributed by atoms with Crippen molar-refractivity contribution < 1.29 is 5.11 Å². The minimum Gasteiger partial charge on any atom is -0.508 e. The maximum absolute atomic E-state index is 9.75. The average Bonchev–Trinajstić information content (AvgIpc) is 2.19. The Morgan fingerprint density at radius 2 is 2.13 bits per heavy atom. The second kappa shape index (κ2) is 5.70. The van der Waals surface area contributed by atoms with Crippen molar-refractivity contribution in [3.63, 3.8) is 0 Å². The summed E-state index contributed by atoms with van der Waals surface area (Å²) >= 11 is 3.32. The van der Waals surface area contributed by atoms with Gasteiger partial charge in [0.25, 0.3) is 0 Å². The topological polar surface area (TPSA) is 44.3 Å². The summed E-state index contributed by atoms with van der Waals surface area (Å²) in [5, 5.41) is 16.4. The highest BCUT2D eigenvalue weighted by atomic mass is 79.9. The van der Waals surface area contributed by atoms with Crippen LogP contribution in [-0.4, -0.2) is 24.7 Å². The lowest BCUT2D eigenvalue weighted by Crippen LogP contribution is -2.42. The number of hydrogen-bond donors (Lipinski definition) is 3. The van der Waals surface area contributed by atoms with Crippen LogP contribution in [0.3, 0.4) is 0 Å². The van der Waals surface area contributed by atoms with Crippen molar-refractivity contribution in [1.82, 2.24) is 10.6 Å². The zero-order valence-electron chi connectivity index (χ0n) is 8.16. The van der Waals surface area contributed by atoms with Crippen molar-refractivity contribution in [2.75, 3.05) is 19.6 Å². The first kappa shape index (κ1) is 12.8. The molecule has 0 radical (unpaired) electrons. The summed E-state index contributed by atoms with van der Waals surface area (Å²) < 4.78 is 0.905. The van der Waals surface area contributed by atoms with Gasteiger partial charge in [0.15, 0.2) is 0 Å². The van der Waals surface area contributed by atoms with Crippen LogP contribution in [0.15, 0.2) is 22.7 Å². The van der Waals surface area contributed by atoms with Gasteiger partial charge in [0.1, 0.15) is 5.75 Å². The van der Waals surface area contributed by atoms with Gasteiger partial charge in [-0.1, -0.05) is 22.0 Å². The molecule has 0 saturated carbocycles. The van der Waals surface area contributed by atoms with Crippen LogP contribution < -0.4 is 10.6 Å². The first-order valence-corrected chi connectivity index (χ1v) is 5.49. The number of benzene rings is 1. The number of nitrogens with one attached hydrogen (secondary N) is 2. The van der Waals surface area contributed by atoms with Crippen molar-refractivity contribution in [2.45, 2.75) is 6.04 Å². The van der Waals surface area contributed by atoms with Crippen molar-refractivity contribution in [3.05, 3.63) is 28.2 Å². The predicted octanol–water partition coefficient (Wildman–Crippen LogP) is 1.81. The van der Waals surface area contributed by atoms with Crippen LogP contribution in [0.4, 0.5) is 0 Å². The summed E-state index contributed by atoms with van der Waals surface area (Å²) in [6.07, 6.45) is 0. The highest BCUT2D eigenvalue weighted by molar-refractivity contribution is 9.10. The maximum atomic E-state index is 9.75. The molecule has 2 rings (SSSR count). The van der Waals surface area contributed by atoms with E-state index in [-0.39, 0.29) is 18.4 Å². The number of hydrogen-bond acceptors (Lipinski definition) is 3. The quantitative estimate of drug-likeness (QED) is 0.740. The zero-order chi connectivity index (χ0) is 9.97. The van der Waals surface area contributed by atoms with Gasteiger partial charge in [-0.25, -0.2) is 0 Å². The number of piperazine rings is 1. The van der Waals surface area contributed by atoms with E-state index < -0.39 is 0 Å². The van der Waals surface area contributed by atoms with Gasteiger partial charge in [-0.15, -0.1) is 12.4 Å². The summed E-state index contributed by atoms with van der Waals surface area (Å²) in [6.45, 7) is 2.81. The lowest BCUT2D eigenvalue weighted by atomic mass is 10.0. The van der Waals surface area contributed by atoms with Gasteiger partial charge in [-0.3, -0.25) is 0 Å². The molecule has 0 unspecified atom stereocenters. The third-order valence-electron chi connectivity index (χ3n) is 2.41. The van der Waals surface area contributed by atoms with E-state index in [1.807, 2.05) is 12.1 Å². The van der Waals surface area contributed by atoms with E-state index in [0.717, 1.165) is 29.7 Å². The van der Waals surface area contributed by atoms with E-state index in [4.69, 9.17) is 0 Å². The first-order valence-electron chi connectivity index (χ1n) is 4.70. The molecule has 0 spiro atoms. The highest BCUT2D eigenvalue weighted by Gasteiger charge is 2.17. The molecule has 1 aliphatic rings. The average molecular weight is 294 g/mol. The first-order chi connectivity index (χ1) is 6.77. The summed E-state index contributed by atoms with van der Waals surface area (Å²) in [6, 6.07) is 5.85. The molecule has 3 nitrogen and oxygen atoms in total. The fourth-order valence-corrected chi connectivity index (χ4v) is 2.03. The molecule has 3 N–H and O–H groups in total. The summed E-state index contributed by atoms with van der Waals surface area (Å²) in [7, 11) is 0. The minimum atomic E-state index is 0. The summed E-state index contributed by atoms with van der Waals surface area (Å²) in [5.41, 5.74) is 0.959. The van der Waals surface area contributed by atoms with Gasteiger partial charge < -0.3 is 15.7 Å². The highest BCUT2D eigenvalue weighted by Crippen LogP contribution is 2.27. The molecule has 1 atom stereocenters. The normalized spacial score (nSPS) is 20.7. The molecule has 0 aliphatic carbocycles. The van der Waals surface area contributed by atoms with Crippen LogP contribution in [-0.2, 0) is 0 Å². The van der Waals surface area contributed by atoms with Crippen LogP contribution in [0, 0.1) is 0 Å². The van der Waals surface area contributed by atoms with E-state index >= 15 is 0 Å². The fourth-order valence-electron chi connectivity index (χ4n) is 1.68. The predicted molar refractivity (Wildman–Crippen MR) is 66.7 cm³/mol. The van der Waals surface area contributed by atoms with Crippen molar-refractivity contribution in [2.24, 2.45) is 0 Å². The van der Waals surface area contributed by atoms with Crippen molar-refractivity contribution in [3.8, 4) is 5.75 Å². The number of halogens is 2. The lowest BCUT2D eigenvalue weighted by Gasteiger charge is -2.25. The van der Waals surface area contributed by atoms with Gasteiger partial charge >= 0.3 is 0 Å². The molecule has 1 heterocycles. The molecular formula is C10H14BrClN2O. The van der Waals surface area contributed by atoms with Crippen LogP contribution in [0.25, 0.3) is 0 Å². The van der Waals surface area contributed by atoms with Crippen LogP contribution >= 0.6 is 28.3 Å². The lowest BCUT2D eigenvalue weighted by molar-refractivity contribution is 0.404. The van der Waals surface area contributed by atoms with Gasteiger partial charge in [0, 0.05) is 35.7 Å². The van der Waals surface area contributed by atoms with E-state index in [2.05, 4.69) is 26.6 Å². The Kier molecular flexibility index (Phi) is 4.86. The van der Waals surface area contributed by atoms with Crippen LogP contribution in [0.2, 0.25) is 0 Å². The van der Waals surface area contributed by atoms with E-state index in [1.54, 1.807) is 6.07 Å². The molecule has 15 heavy (non-hydrogen) atoms. The molecule has 1 fully saturated rings. The molecule has 0 aromatic heterocycles. The number of phenolic OH excluding ortho intramolecular Hbond substituents is 1. The van der Waals surface area contributed by atoms with E-state index in [1.165, 1.54) is 0 Å². The molecule has 84 valence electrons. The monoisotopic (exact) mass is 292 g/mol. The number of phenols is 1. The molecule has 1 aromatic carbocycles. The Labute approximate surface area is 104 Å². The standard InChI is InChI=1S/C10H13BrN2O.ClH/c11-7-1-2-8(10(14)5-7)9-6-12-3-4-13-9;/h1-2,5,9,12-14H,3-4,6H2;1H/t9-;/m1./s1. The summed E-state index contributed by atoms with van der Waals surface area (Å²) in [4.78, 5) is 0. The van der Waals surface area contributed by atoms with Gasteiger partial charge in [-0.05, 0) is 12.1 Å². The Bertz CT molecular complexity index is 329. The third kappa shape index (κ3) is 3.08. The SMILES string of the molecule is Cl.Oc1cc(Br)ccc1[C@H]1CNCCN1. The van der Waals surface area contributed by atoms with Crippen LogP contribution in [0.1, 0.15) is 11.6 Å². The summed E-state index contributed by atoms with van der Waals surface area (Å²) in [5.74, 6) is 0.348. The molecule has 1 aromatic rings. The van der Waals surface area contributed by atoms with Crippen LogP contribution in [0.5, 0.6) is 5.75 Å². The number of aromatic hydroxyl groups is 1. The molecule has 0 amide bonds. The van der Waals surface area contributed by atoms with Crippen molar-refractivity contribution >= 4 is 28.3 Å². The minimum absolute atomic E-state index is 0. The van der Waals surface area contributed by atoms with Gasteiger partial charge in [-0.2, -0.15) is 0 Å².